The third-order valence-corrected chi connectivity index (χ3v) is 4.19. The molecule has 0 radical (unpaired) electrons. The third kappa shape index (κ3) is 1.79. The highest BCUT2D eigenvalue weighted by molar-refractivity contribution is 5.67. The van der Waals surface area contributed by atoms with E-state index in [2.05, 4.69) is 12.2 Å². The average Bonchev–Trinajstić information content (AvgIpc) is 2.64. The number of rotatable bonds is 0. The summed E-state index contributed by atoms with van der Waals surface area (Å²) in [6, 6.07) is 0.0920. The first-order chi connectivity index (χ1) is 8.25. The van der Waals surface area contributed by atoms with Crippen LogP contribution in [0, 0.1) is 11.8 Å². The molecule has 0 bridgehead atoms. The maximum absolute atomic E-state index is 11.3. The maximum atomic E-state index is 11.3. The van der Waals surface area contributed by atoms with E-state index in [9.17, 15) is 9.90 Å². The molecule has 3 nitrogen and oxygen atoms in total. The van der Waals surface area contributed by atoms with Gasteiger partial charge in [0.2, 0.25) is 0 Å². The number of allylic oxidation sites excluding steroid dienone is 3. The molecular formula is C14H17NO2. The summed E-state index contributed by atoms with van der Waals surface area (Å²) in [7, 11) is 0. The molecule has 0 aromatic heterocycles. The van der Waals surface area contributed by atoms with E-state index in [4.69, 9.17) is 0 Å². The van der Waals surface area contributed by atoms with Gasteiger partial charge in [-0.2, -0.15) is 0 Å². The Kier molecular flexibility index (Phi) is 2.54. The van der Waals surface area contributed by atoms with Gasteiger partial charge in [-0.1, -0.05) is 23.8 Å². The first kappa shape index (κ1) is 10.6. The molecule has 1 N–H and O–H groups in total. The van der Waals surface area contributed by atoms with Crippen molar-refractivity contribution < 1.29 is 9.90 Å². The molecule has 17 heavy (non-hydrogen) atoms. The molecule has 3 atom stereocenters. The largest absolute Gasteiger partial charge is 0.465 e. The first-order valence-corrected chi connectivity index (χ1v) is 6.32. The lowest BCUT2D eigenvalue weighted by Gasteiger charge is -2.36. The standard InChI is InChI=1S/C14H17NO2/c16-14(17)15-7-2-1-4-12-8-10-5-3-6-11(10)9-13(12)15/h1-2,4,7-8,11-13H,3,5-6,9H2,(H,16,17). The highest BCUT2D eigenvalue weighted by Crippen LogP contribution is 2.42. The molecule has 1 saturated carbocycles. The second kappa shape index (κ2) is 4.06. The molecule has 90 valence electrons. The summed E-state index contributed by atoms with van der Waals surface area (Å²) in [6.07, 6.45) is 13.8. The van der Waals surface area contributed by atoms with Gasteiger partial charge in [-0.3, -0.25) is 4.90 Å². The van der Waals surface area contributed by atoms with Crippen molar-refractivity contribution in [2.24, 2.45) is 11.8 Å². The Morgan fingerprint density at radius 2 is 2.29 bits per heavy atom. The van der Waals surface area contributed by atoms with Gasteiger partial charge in [-0.25, -0.2) is 4.79 Å². The van der Waals surface area contributed by atoms with Crippen molar-refractivity contribution in [1.29, 1.82) is 0 Å². The number of nitrogens with zero attached hydrogens (tertiary/aromatic N) is 1. The van der Waals surface area contributed by atoms with E-state index in [1.54, 1.807) is 11.8 Å². The SMILES string of the molecule is O=C(O)N1C=CC=CC2C=C3CCCC3CC21. The molecule has 2 aliphatic carbocycles. The van der Waals surface area contributed by atoms with Crippen molar-refractivity contribution in [3.05, 3.63) is 36.1 Å². The lowest BCUT2D eigenvalue weighted by atomic mass is 9.80. The van der Waals surface area contributed by atoms with Crippen LogP contribution in [0.15, 0.2) is 36.1 Å². The molecule has 1 fully saturated rings. The summed E-state index contributed by atoms with van der Waals surface area (Å²) in [6.45, 7) is 0. The Morgan fingerprint density at radius 3 is 3.12 bits per heavy atom. The summed E-state index contributed by atoms with van der Waals surface area (Å²) in [4.78, 5) is 12.8. The predicted molar refractivity (Wildman–Crippen MR) is 65.5 cm³/mol. The maximum Gasteiger partial charge on any atom is 0.411 e. The Hall–Kier alpha value is -1.51. The van der Waals surface area contributed by atoms with Crippen molar-refractivity contribution in [2.75, 3.05) is 0 Å². The van der Waals surface area contributed by atoms with Crippen LogP contribution in [0.2, 0.25) is 0 Å². The lowest BCUT2D eigenvalue weighted by Crippen LogP contribution is -2.42. The van der Waals surface area contributed by atoms with E-state index in [0.29, 0.717) is 5.92 Å². The van der Waals surface area contributed by atoms with Crippen molar-refractivity contribution in [3.63, 3.8) is 0 Å². The summed E-state index contributed by atoms with van der Waals surface area (Å²) < 4.78 is 0. The summed E-state index contributed by atoms with van der Waals surface area (Å²) in [5.74, 6) is 0.878. The average molecular weight is 231 g/mol. The highest BCUT2D eigenvalue weighted by Gasteiger charge is 2.37. The van der Waals surface area contributed by atoms with Gasteiger partial charge in [0.05, 0.1) is 0 Å². The topological polar surface area (TPSA) is 40.5 Å². The van der Waals surface area contributed by atoms with Crippen molar-refractivity contribution in [2.45, 2.75) is 31.7 Å². The Morgan fingerprint density at radius 1 is 1.41 bits per heavy atom. The fourth-order valence-electron chi connectivity index (χ4n) is 3.37. The zero-order chi connectivity index (χ0) is 11.8. The van der Waals surface area contributed by atoms with Crippen LogP contribution in [0.1, 0.15) is 25.7 Å². The minimum atomic E-state index is -0.838. The number of amides is 1. The van der Waals surface area contributed by atoms with Crippen molar-refractivity contribution in [1.82, 2.24) is 4.90 Å². The molecular weight excluding hydrogens is 214 g/mol. The second-order valence-corrected chi connectivity index (χ2v) is 5.13. The minimum Gasteiger partial charge on any atom is -0.465 e. The number of fused-ring (bicyclic) bond motifs is 2. The first-order valence-electron chi connectivity index (χ1n) is 6.32. The van der Waals surface area contributed by atoms with Crippen LogP contribution in [0.25, 0.3) is 0 Å². The number of carboxylic acid groups (broad SMARTS) is 1. The number of carbonyl (C=O) groups is 1. The van der Waals surface area contributed by atoms with Gasteiger partial charge in [0.25, 0.3) is 0 Å². The number of hydrogen-bond donors (Lipinski definition) is 1. The summed E-state index contributed by atoms with van der Waals surface area (Å²) in [5.41, 5.74) is 1.56. The molecule has 1 aliphatic heterocycles. The van der Waals surface area contributed by atoms with Crippen LogP contribution in [-0.4, -0.2) is 22.1 Å². The van der Waals surface area contributed by atoms with Crippen LogP contribution in [0.4, 0.5) is 4.79 Å². The Balaban J connectivity index is 1.94. The van der Waals surface area contributed by atoms with Crippen LogP contribution in [0.5, 0.6) is 0 Å². The quantitative estimate of drug-likeness (QED) is 0.650. The van der Waals surface area contributed by atoms with Gasteiger partial charge in [0.15, 0.2) is 0 Å². The molecule has 3 aliphatic rings. The fraction of sp³-hybridized carbons (Fsp3) is 0.500. The van der Waals surface area contributed by atoms with Gasteiger partial charge in [-0.05, 0) is 37.7 Å². The van der Waals surface area contributed by atoms with E-state index in [0.717, 1.165) is 6.42 Å². The van der Waals surface area contributed by atoms with Crippen LogP contribution in [-0.2, 0) is 0 Å². The van der Waals surface area contributed by atoms with Crippen LogP contribution < -0.4 is 0 Å². The highest BCUT2D eigenvalue weighted by atomic mass is 16.4. The van der Waals surface area contributed by atoms with Gasteiger partial charge in [0.1, 0.15) is 0 Å². The molecule has 0 saturated heterocycles. The van der Waals surface area contributed by atoms with E-state index in [1.807, 2.05) is 12.2 Å². The smallest absolute Gasteiger partial charge is 0.411 e. The summed E-state index contributed by atoms with van der Waals surface area (Å²) >= 11 is 0. The van der Waals surface area contributed by atoms with Gasteiger partial charge in [0, 0.05) is 18.2 Å². The van der Waals surface area contributed by atoms with Crippen LogP contribution in [0.3, 0.4) is 0 Å². The van der Waals surface area contributed by atoms with Crippen molar-refractivity contribution in [3.8, 4) is 0 Å². The monoisotopic (exact) mass is 231 g/mol. The van der Waals surface area contributed by atoms with Crippen LogP contribution >= 0.6 is 0 Å². The molecule has 0 aromatic carbocycles. The Labute approximate surface area is 101 Å². The van der Waals surface area contributed by atoms with Gasteiger partial charge in [-0.15, -0.1) is 0 Å². The van der Waals surface area contributed by atoms with Crippen molar-refractivity contribution >= 4 is 6.09 Å². The Bertz CT molecular complexity index is 422. The second-order valence-electron chi connectivity index (χ2n) is 5.13. The molecule has 0 aromatic rings. The molecule has 3 rings (SSSR count). The zero-order valence-electron chi connectivity index (χ0n) is 9.75. The molecule has 3 unspecified atom stereocenters. The lowest BCUT2D eigenvalue weighted by molar-refractivity contribution is 0.133. The zero-order valence-corrected chi connectivity index (χ0v) is 9.75. The molecule has 0 spiro atoms. The predicted octanol–water partition coefficient (Wildman–Crippen LogP) is 3.16. The van der Waals surface area contributed by atoms with E-state index in [1.165, 1.54) is 24.2 Å². The normalized spacial score (nSPS) is 34.9. The molecule has 1 amide bonds. The van der Waals surface area contributed by atoms with E-state index in [-0.39, 0.29) is 12.0 Å². The number of hydrogen-bond acceptors (Lipinski definition) is 1. The molecule has 1 heterocycles. The van der Waals surface area contributed by atoms with Gasteiger partial charge >= 0.3 is 6.09 Å². The fourth-order valence-corrected chi connectivity index (χ4v) is 3.37. The third-order valence-electron chi connectivity index (χ3n) is 4.19. The minimum absolute atomic E-state index is 0.0920. The summed E-state index contributed by atoms with van der Waals surface area (Å²) in [5, 5.41) is 9.27. The molecule has 3 heteroatoms. The van der Waals surface area contributed by atoms with E-state index >= 15 is 0 Å². The van der Waals surface area contributed by atoms with E-state index < -0.39 is 6.09 Å². The van der Waals surface area contributed by atoms with Gasteiger partial charge < -0.3 is 5.11 Å².